The van der Waals surface area contributed by atoms with Crippen molar-refractivity contribution in [1.82, 2.24) is 14.9 Å². The summed E-state index contributed by atoms with van der Waals surface area (Å²) in [5.74, 6) is 3.34. The van der Waals surface area contributed by atoms with Crippen molar-refractivity contribution in [2.75, 3.05) is 38.7 Å². The molecule has 0 spiro atoms. The summed E-state index contributed by atoms with van der Waals surface area (Å²) in [7, 11) is 4.08. The molecule has 3 rings (SSSR count). The Labute approximate surface area is 238 Å². The van der Waals surface area contributed by atoms with Crippen LogP contribution in [0, 0.1) is 18.3 Å². The lowest BCUT2D eigenvalue weighted by atomic mass is 9.76. The lowest BCUT2D eigenvalue weighted by Gasteiger charge is -2.37. The van der Waals surface area contributed by atoms with Gasteiger partial charge >= 0.3 is 0 Å². The zero-order valence-corrected chi connectivity index (χ0v) is 25.2. The molecule has 1 aliphatic heterocycles. The average molecular weight is 552 g/mol. The molecule has 0 unspecified atom stereocenters. The van der Waals surface area contributed by atoms with E-state index < -0.39 is 0 Å². The van der Waals surface area contributed by atoms with Crippen LogP contribution in [0.4, 0.5) is 5.82 Å². The highest BCUT2D eigenvalue weighted by molar-refractivity contribution is 8.06. The van der Waals surface area contributed by atoms with Gasteiger partial charge in [-0.25, -0.2) is 9.97 Å². The smallest absolute Gasteiger partial charge is 0.144 e. The molecule has 2 heterocycles. The monoisotopic (exact) mass is 551 g/mol. The second-order valence-corrected chi connectivity index (χ2v) is 12.5. The SMILES string of the molecule is C=C/C(=C\C(N)=C(/N)SC(=C)N)C1=CC=C2OCCN(c3nc(CN(C)C)nc(C)c3CC(C)C)C[C@@]2(C)C1. The highest BCUT2D eigenvalue weighted by Crippen LogP contribution is 2.43. The maximum Gasteiger partial charge on any atom is 0.144 e. The quantitative estimate of drug-likeness (QED) is 0.362. The maximum atomic E-state index is 6.33. The third kappa shape index (κ3) is 7.70. The number of ether oxygens (including phenoxy) is 1. The Hall–Kier alpha value is -3.17. The maximum absolute atomic E-state index is 6.33. The van der Waals surface area contributed by atoms with Crippen molar-refractivity contribution in [2.24, 2.45) is 28.5 Å². The zero-order valence-electron chi connectivity index (χ0n) is 24.4. The second kappa shape index (κ2) is 12.8. The van der Waals surface area contributed by atoms with Crippen molar-refractivity contribution >= 4 is 17.6 Å². The number of anilines is 1. The van der Waals surface area contributed by atoms with E-state index in [1.807, 2.05) is 26.2 Å². The summed E-state index contributed by atoms with van der Waals surface area (Å²) < 4.78 is 6.33. The number of thioether (sulfide) groups is 1. The molecule has 1 aliphatic carbocycles. The molecule has 6 N–H and O–H groups in total. The molecule has 1 atom stereocenters. The van der Waals surface area contributed by atoms with Gasteiger partial charge in [0.2, 0.25) is 0 Å². The number of aryl methyl sites for hydroxylation is 1. The summed E-state index contributed by atoms with van der Waals surface area (Å²) in [4.78, 5) is 14.5. The lowest BCUT2D eigenvalue weighted by Crippen LogP contribution is -2.38. The molecule has 0 radical (unpaired) electrons. The highest BCUT2D eigenvalue weighted by atomic mass is 32.2. The lowest BCUT2D eigenvalue weighted by molar-refractivity contribution is 0.162. The Morgan fingerprint density at radius 3 is 2.59 bits per heavy atom. The van der Waals surface area contributed by atoms with Crippen molar-refractivity contribution in [3.63, 3.8) is 0 Å². The molecular weight excluding hydrogens is 506 g/mol. The van der Waals surface area contributed by atoms with Crippen LogP contribution in [-0.4, -0.2) is 48.7 Å². The summed E-state index contributed by atoms with van der Waals surface area (Å²) in [6.07, 6.45) is 9.52. The minimum absolute atomic E-state index is 0.275. The molecule has 9 heteroatoms. The molecule has 1 saturated heterocycles. The molecule has 0 bridgehead atoms. The van der Waals surface area contributed by atoms with Gasteiger partial charge in [-0.15, -0.1) is 0 Å². The van der Waals surface area contributed by atoms with Crippen molar-refractivity contribution in [3.05, 3.63) is 87.2 Å². The van der Waals surface area contributed by atoms with Crippen LogP contribution in [0.5, 0.6) is 0 Å². The molecule has 1 aromatic heterocycles. The summed E-state index contributed by atoms with van der Waals surface area (Å²) in [6.45, 7) is 19.4. The number of aromatic nitrogens is 2. The van der Waals surface area contributed by atoms with E-state index in [4.69, 9.17) is 31.9 Å². The fourth-order valence-corrected chi connectivity index (χ4v) is 5.53. The van der Waals surface area contributed by atoms with Crippen LogP contribution in [0.2, 0.25) is 0 Å². The van der Waals surface area contributed by atoms with Crippen molar-refractivity contribution in [1.29, 1.82) is 0 Å². The number of hydrogen-bond donors (Lipinski definition) is 3. The summed E-state index contributed by atoms with van der Waals surface area (Å²) in [5, 5.41) is 0.803. The Morgan fingerprint density at radius 2 is 1.97 bits per heavy atom. The predicted octanol–water partition coefficient (Wildman–Crippen LogP) is 4.46. The third-order valence-electron chi connectivity index (χ3n) is 6.81. The fourth-order valence-electron chi connectivity index (χ4n) is 5.07. The number of allylic oxidation sites excluding steroid dienone is 6. The van der Waals surface area contributed by atoms with Gasteiger partial charge in [0.1, 0.15) is 24.0 Å². The molecule has 39 heavy (non-hydrogen) atoms. The number of nitrogens with zero attached hydrogens (tertiary/aromatic N) is 4. The number of hydrogen-bond acceptors (Lipinski definition) is 9. The topological polar surface area (TPSA) is 120 Å². The van der Waals surface area contributed by atoms with Crippen LogP contribution >= 0.6 is 11.8 Å². The number of fused-ring (bicyclic) bond motifs is 1. The fraction of sp³-hybridized carbons (Fsp3) is 0.467. The van der Waals surface area contributed by atoms with Gasteiger partial charge in [-0.3, -0.25) is 0 Å². The Morgan fingerprint density at radius 1 is 1.26 bits per heavy atom. The number of rotatable bonds is 10. The molecule has 212 valence electrons. The molecular formula is C30H45N7OS. The molecule has 0 amide bonds. The molecule has 1 aromatic rings. The molecule has 1 fully saturated rings. The van der Waals surface area contributed by atoms with E-state index in [1.54, 1.807) is 0 Å². The Balaban J connectivity index is 1.99. The van der Waals surface area contributed by atoms with Crippen LogP contribution in [0.25, 0.3) is 0 Å². The van der Waals surface area contributed by atoms with Crippen molar-refractivity contribution in [2.45, 2.75) is 47.1 Å². The van der Waals surface area contributed by atoms with Gasteiger partial charge in [0.25, 0.3) is 0 Å². The van der Waals surface area contributed by atoms with Crippen molar-refractivity contribution in [3.8, 4) is 0 Å². The predicted molar refractivity (Wildman–Crippen MR) is 164 cm³/mol. The van der Waals surface area contributed by atoms with Crippen LogP contribution in [0.15, 0.2) is 70.1 Å². The van der Waals surface area contributed by atoms with E-state index in [0.717, 1.165) is 71.9 Å². The highest BCUT2D eigenvalue weighted by Gasteiger charge is 2.39. The molecule has 0 saturated carbocycles. The van der Waals surface area contributed by atoms with Crippen LogP contribution in [0.3, 0.4) is 0 Å². The van der Waals surface area contributed by atoms with E-state index in [-0.39, 0.29) is 5.41 Å². The third-order valence-corrected chi connectivity index (χ3v) is 7.52. The average Bonchev–Trinajstić information content (AvgIpc) is 3.00. The van der Waals surface area contributed by atoms with Crippen LogP contribution in [-0.2, 0) is 17.7 Å². The van der Waals surface area contributed by atoms with Gasteiger partial charge in [0.05, 0.1) is 28.8 Å². The van der Waals surface area contributed by atoms with Gasteiger partial charge in [0.15, 0.2) is 0 Å². The van der Waals surface area contributed by atoms with Gasteiger partial charge < -0.3 is 31.7 Å². The Bertz CT molecular complexity index is 1230. The second-order valence-electron chi connectivity index (χ2n) is 11.3. The zero-order chi connectivity index (χ0) is 28.9. The minimum Gasteiger partial charge on any atom is -0.495 e. The molecule has 0 aromatic carbocycles. The summed E-state index contributed by atoms with van der Waals surface area (Å²) >= 11 is 1.15. The molecule has 8 nitrogen and oxygen atoms in total. The van der Waals surface area contributed by atoms with Crippen LogP contribution in [0.1, 0.15) is 44.3 Å². The first kappa shape index (κ1) is 30.4. The standard InChI is InChI=1S/C30H45N7OS/c1-9-22(15-25(32)28(33)39-21(5)31)23-10-11-26-30(6,16-23)18-37(12-13-38-26)29-24(14-19(2)3)20(4)34-27(35-29)17-36(7)8/h9-11,15,19H,1,5,12-14,16-18,31-33H2,2-4,6-8H3/b22-15+,28-25-/t30-/m1/s1. The van der Waals surface area contributed by atoms with E-state index in [0.29, 0.717) is 34.8 Å². The first-order valence-electron chi connectivity index (χ1n) is 13.3. The largest absolute Gasteiger partial charge is 0.495 e. The summed E-state index contributed by atoms with van der Waals surface area (Å²) in [6, 6.07) is 0. The number of nitrogens with two attached hydrogens (primary N) is 3. The summed E-state index contributed by atoms with van der Waals surface area (Å²) in [5.41, 5.74) is 22.5. The van der Waals surface area contributed by atoms with Gasteiger partial charge in [-0.1, -0.05) is 57.8 Å². The van der Waals surface area contributed by atoms with Gasteiger partial charge in [-0.05, 0) is 63.1 Å². The van der Waals surface area contributed by atoms with Crippen LogP contribution < -0.4 is 22.1 Å². The first-order chi connectivity index (χ1) is 18.3. The van der Waals surface area contributed by atoms with E-state index in [1.165, 1.54) is 5.56 Å². The Kier molecular flexibility index (Phi) is 9.96. The van der Waals surface area contributed by atoms with Crippen molar-refractivity contribution < 1.29 is 4.74 Å². The van der Waals surface area contributed by atoms with E-state index in [2.05, 4.69) is 62.8 Å². The van der Waals surface area contributed by atoms with Gasteiger partial charge in [-0.2, -0.15) is 0 Å². The molecule has 2 aliphatic rings. The van der Waals surface area contributed by atoms with Gasteiger partial charge in [0, 0.05) is 23.2 Å². The minimum atomic E-state index is -0.275. The van der Waals surface area contributed by atoms with E-state index in [9.17, 15) is 0 Å². The normalized spacial score (nSPS) is 20.5. The van der Waals surface area contributed by atoms with E-state index >= 15 is 0 Å². The first-order valence-corrected chi connectivity index (χ1v) is 14.2.